The predicted octanol–water partition coefficient (Wildman–Crippen LogP) is 3.04. The molecule has 2 aromatic rings. The predicted molar refractivity (Wildman–Crippen MR) is 118 cm³/mol. The molecular formula is C23H28FN3O3S. The van der Waals surface area contributed by atoms with Crippen LogP contribution in [-0.2, 0) is 27.7 Å². The number of carbonyl (C=O) groups is 1. The highest BCUT2D eigenvalue weighted by Gasteiger charge is 2.30. The van der Waals surface area contributed by atoms with Gasteiger partial charge in [0.25, 0.3) is 0 Å². The van der Waals surface area contributed by atoms with Gasteiger partial charge >= 0.3 is 0 Å². The van der Waals surface area contributed by atoms with E-state index in [0.29, 0.717) is 26.1 Å². The van der Waals surface area contributed by atoms with Crippen molar-refractivity contribution in [3.05, 3.63) is 59.4 Å². The highest BCUT2D eigenvalue weighted by Crippen LogP contribution is 2.25. The van der Waals surface area contributed by atoms with Crippen LogP contribution in [0.2, 0.25) is 0 Å². The molecule has 0 radical (unpaired) electrons. The van der Waals surface area contributed by atoms with E-state index < -0.39 is 15.8 Å². The third-order valence-corrected chi connectivity index (χ3v) is 8.15. The fourth-order valence-electron chi connectivity index (χ4n) is 4.36. The molecule has 6 nitrogen and oxygen atoms in total. The zero-order chi connectivity index (χ0) is 22.0. The van der Waals surface area contributed by atoms with E-state index >= 15 is 0 Å². The molecule has 1 atom stereocenters. The molecule has 1 saturated heterocycles. The monoisotopic (exact) mass is 445 g/mol. The van der Waals surface area contributed by atoms with Crippen molar-refractivity contribution >= 4 is 21.6 Å². The summed E-state index contributed by atoms with van der Waals surface area (Å²) in [6.07, 6.45) is 3.94. The first-order valence-electron chi connectivity index (χ1n) is 10.8. The lowest BCUT2D eigenvalue weighted by molar-refractivity contribution is -0.120. The standard InChI is InChI=1S/C23H28FN3O3S/c1-17(23(28)25-21-9-6-18-4-2-5-19(18)16-21)26-12-3-13-27(15-14-26)31(29,30)22-10-7-20(24)8-11-22/h6-11,16-17H,2-5,12-15H2,1H3,(H,25,28)/t17-/m0/s1. The van der Waals surface area contributed by atoms with Gasteiger partial charge in [0.1, 0.15) is 5.82 Å². The molecule has 4 rings (SSSR count). The number of amides is 1. The smallest absolute Gasteiger partial charge is 0.243 e. The Hall–Kier alpha value is -2.29. The van der Waals surface area contributed by atoms with E-state index in [9.17, 15) is 17.6 Å². The zero-order valence-electron chi connectivity index (χ0n) is 17.7. The van der Waals surface area contributed by atoms with Crippen molar-refractivity contribution in [1.82, 2.24) is 9.21 Å². The molecule has 8 heteroatoms. The number of rotatable bonds is 5. The highest BCUT2D eigenvalue weighted by molar-refractivity contribution is 7.89. The first-order chi connectivity index (χ1) is 14.8. The molecule has 31 heavy (non-hydrogen) atoms. The Morgan fingerprint density at radius 2 is 1.71 bits per heavy atom. The van der Waals surface area contributed by atoms with Crippen LogP contribution in [0.15, 0.2) is 47.4 Å². The van der Waals surface area contributed by atoms with Crippen LogP contribution in [0.25, 0.3) is 0 Å². The van der Waals surface area contributed by atoms with Crippen LogP contribution < -0.4 is 5.32 Å². The highest BCUT2D eigenvalue weighted by atomic mass is 32.2. The molecule has 1 heterocycles. The van der Waals surface area contributed by atoms with Crippen LogP contribution in [0, 0.1) is 5.82 Å². The van der Waals surface area contributed by atoms with Crippen LogP contribution in [0.3, 0.4) is 0 Å². The summed E-state index contributed by atoms with van der Waals surface area (Å²) in [7, 11) is -3.69. The molecule has 0 saturated carbocycles. The quantitative estimate of drug-likeness (QED) is 0.768. The van der Waals surface area contributed by atoms with Gasteiger partial charge in [-0.1, -0.05) is 6.07 Å². The van der Waals surface area contributed by atoms with Crippen molar-refractivity contribution in [1.29, 1.82) is 0 Å². The molecule has 1 amide bonds. The summed E-state index contributed by atoms with van der Waals surface area (Å²) in [5.74, 6) is -0.558. The minimum absolute atomic E-state index is 0.0877. The number of sulfonamides is 1. The van der Waals surface area contributed by atoms with Gasteiger partial charge in [-0.2, -0.15) is 4.31 Å². The molecule has 1 aliphatic heterocycles. The van der Waals surface area contributed by atoms with E-state index in [1.807, 2.05) is 17.9 Å². The molecule has 2 aromatic carbocycles. The van der Waals surface area contributed by atoms with E-state index in [2.05, 4.69) is 17.4 Å². The van der Waals surface area contributed by atoms with E-state index in [1.54, 1.807) is 0 Å². The molecule has 1 aliphatic carbocycles. The lowest BCUT2D eigenvalue weighted by Crippen LogP contribution is -2.44. The largest absolute Gasteiger partial charge is 0.325 e. The summed E-state index contributed by atoms with van der Waals surface area (Å²) in [6.45, 7) is 3.60. The number of fused-ring (bicyclic) bond motifs is 1. The van der Waals surface area contributed by atoms with Gasteiger partial charge in [-0.25, -0.2) is 12.8 Å². The Labute approximate surface area is 183 Å². The molecule has 166 valence electrons. The Balaban J connectivity index is 1.38. The third-order valence-electron chi connectivity index (χ3n) is 6.23. The van der Waals surface area contributed by atoms with Gasteiger partial charge in [-0.15, -0.1) is 0 Å². The minimum Gasteiger partial charge on any atom is -0.325 e. The summed E-state index contributed by atoms with van der Waals surface area (Å²) in [5.41, 5.74) is 3.48. The Kier molecular flexibility index (Phi) is 6.41. The second-order valence-electron chi connectivity index (χ2n) is 8.25. The topological polar surface area (TPSA) is 69.7 Å². The molecule has 0 unspecified atom stereocenters. The Morgan fingerprint density at radius 1 is 0.968 bits per heavy atom. The maximum absolute atomic E-state index is 13.2. The van der Waals surface area contributed by atoms with Crippen molar-refractivity contribution in [2.75, 3.05) is 31.5 Å². The van der Waals surface area contributed by atoms with E-state index in [-0.39, 0.29) is 23.4 Å². The van der Waals surface area contributed by atoms with Crippen molar-refractivity contribution in [2.24, 2.45) is 0 Å². The van der Waals surface area contributed by atoms with Gasteiger partial charge in [-0.05, 0) is 80.1 Å². The summed E-state index contributed by atoms with van der Waals surface area (Å²) in [5, 5.41) is 3.01. The normalized spacial score (nSPS) is 18.9. The average Bonchev–Trinajstić information content (AvgIpc) is 3.07. The summed E-state index contributed by atoms with van der Waals surface area (Å²) < 4.78 is 40.4. The number of nitrogens with zero attached hydrogens (tertiary/aromatic N) is 2. The fourth-order valence-corrected chi connectivity index (χ4v) is 5.83. The van der Waals surface area contributed by atoms with Crippen LogP contribution in [0.4, 0.5) is 10.1 Å². The van der Waals surface area contributed by atoms with Gasteiger partial charge in [0.2, 0.25) is 15.9 Å². The Bertz CT molecular complexity index is 1060. The maximum atomic E-state index is 13.2. The Morgan fingerprint density at radius 3 is 2.48 bits per heavy atom. The number of benzene rings is 2. The van der Waals surface area contributed by atoms with Crippen molar-refractivity contribution in [3.8, 4) is 0 Å². The number of carbonyl (C=O) groups excluding carboxylic acids is 1. The molecule has 0 bridgehead atoms. The van der Waals surface area contributed by atoms with Crippen molar-refractivity contribution in [3.63, 3.8) is 0 Å². The van der Waals surface area contributed by atoms with Crippen LogP contribution in [0.1, 0.15) is 30.9 Å². The number of aryl methyl sites for hydroxylation is 2. The second-order valence-corrected chi connectivity index (χ2v) is 10.2. The number of halogens is 1. The fraction of sp³-hybridized carbons (Fsp3) is 0.435. The van der Waals surface area contributed by atoms with Gasteiger partial charge in [0.15, 0.2) is 0 Å². The molecule has 0 spiro atoms. The first-order valence-corrected chi connectivity index (χ1v) is 12.2. The number of hydrogen-bond acceptors (Lipinski definition) is 4. The molecule has 1 N–H and O–H groups in total. The van der Waals surface area contributed by atoms with Crippen molar-refractivity contribution < 1.29 is 17.6 Å². The summed E-state index contributed by atoms with van der Waals surface area (Å²) in [4.78, 5) is 14.9. The lowest BCUT2D eigenvalue weighted by Gasteiger charge is -2.27. The first kappa shape index (κ1) is 21.9. The van der Waals surface area contributed by atoms with E-state index in [4.69, 9.17) is 0 Å². The summed E-state index contributed by atoms with van der Waals surface area (Å²) >= 11 is 0. The van der Waals surface area contributed by atoms with Gasteiger partial charge < -0.3 is 5.32 Å². The van der Waals surface area contributed by atoms with Gasteiger partial charge in [-0.3, -0.25) is 9.69 Å². The maximum Gasteiger partial charge on any atom is 0.243 e. The molecular weight excluding hydrogens is 417 g/mol. The van der Waals surface area contributed by atoms with Crippen LogP contribution in [0.5, 0.6) is 0 Å². The SMILES string of the molecule is C[C@@H](C(=O)Nc1ccc2c(c1)CCC2)N1CCCN(S(=O)(=O)c2ccc(F)cc2)CC1. The molecule has 1 fully saturated rings. The van der Waals surface area contributed by atoms with E-state index in [0.717, 1.165) is 37.1 Å². The van der Waals surface area contributed by atoms with Crippen LogP contribution in [-0.4, -0.2) is 55.8 Å². The minimum atomic E-state index is -3.69. The molecule has 0 aromatic heterocycles. The van der Waals surface area contributed by atoms with Gasteiger partial charge in [0, 0.05) is 31.9 Å². The average molecular weight is 446 g/mol. The van der Waals surface area contributed by atoms with E-state index in [1.165, 1.54) is 27.6 Å². The number of hydrogen-bond donors (Lipinski definition) is 1. The lowest BCUT2D eigenvalue weighted by atomic mass is 10.1. The third kappa shape index (κ3) is 4.81. The second kappa shape index (κ2) is 9.06. The summed E-state index contributed by atoms with van der Waals surface area (Å²) in [6, 6.07) is 10.6. The van der Waals surface area contributed by atoms with Crippen LogP contribution >= 0.6 is 0 Å². The molecule has 2 aliphatic rings. The number of anilines is 1. The zero-order valence-corrected chi connectivity index (χ0v) is 18.5. The number of nitrogens with one attached hydrogen (secondary N) is 1. The van der Waals surface area contributed by atoms with Crippen molar-refractivity contribution in [2.45, 2.75) is 43.5 Å². The van der Waals surface area contributed by atoms with Gasteiger partial charge in [0.05, 0.1) is 10.9 Å².